The summed E-state index contributed by atoms with van der Waals surface area (Å²) < 4.78 is 17.3. The molecule has 1 aliphatic heterocycles. The van der Waals surface area contributed by atoms with Gasteiger partial charge in [0.1, 0.15) is 16.7 Å². The highest BCUT2D eigenvalue weighted by Gasteiger charge is 2.48. The van der Waals surface area contributed by atoms with Crippen molar-refractivity contribution in [3.05, 3.63) is 78.4 Å². The van der Waals surface area contributed by atoms with Crippen LogP contribution in [0.1, 0.15) is 51.1 Å². The normalized spacial score (nSPS) is 16.9. The van der Waals surface area contributed by atoms with Crippen LogP contribution in [0, 0.1) is 0 Å². The molecule has 0 spiro atoms. The predicted molar refractivity (Wildman–Crippen MR) is 153 cm³/mol. The van der Waals surface area contributed by atoms with Crippen LogP contribution in [-0.4, -0.2) is 36.8 Å². The molecule has 3 aromatic carbocycles. The zero-order valence-electron chi connectivity index (χ0n) is 22.2. The molecular weight excluding hydrogens is 498 g/mol. The SMILES string of the molecule is CCCCOc1ccc([C@@H]2[C@@H](C(=O)OC)SC(=O)N2c2ccc(-c3ccccc3)cc2)c(OCCCC)c1. The van der Waals surface area contributed by atoms with E-state index in [9.17, 15) is 9.59 Å². The second-order valence-electron chi connectivity index (χ2n) is 9.16. The highest BCUT2D eigenvalue weighted by Crippen LogP contribution is 2.48. The third kappa shape index (κ3) is 6.33. The summed E-state index contributed by atoms with van der Waals surface area (Å²) in [5.74, 6) is 0.881. The Morgan fingerprint density at radius 3 is 2.18 bits per heavy atom. The molecular formula is C31H35NO5S. The van der Waals surface area contributed by atoms with E-state index in [1.165, 1.54) is 7.11 Å². The third-order valence-electron chi connectivity index (χ3n) is 6.50. The number of ether oxygens (including phenoxy) is 3. The van der Waals surface area contributed by atoms with E-state index in [2.05, 4.69) is 13.8 Å². The Bertz CT molecular complexity index is 1210. The fourth-order valence-electron chi connectivity index (χ4n) is 4.42. The van der Waals surface area contributed by atoms with E-state index in [1.807, 2.05) is 72.8 Å². The van der Waals surface area contributed by atoms with Crippen LogP contribution in [0.15, 0.2) is 72.8 Å². The molecule has 1 aliphatic rings. The summed E-state index contributed by atoms with van der Waals surface area (Å²) in [5.41, 5.74) is 3.61. The Morgan fingerprint density at radius 1 is 0.868 bits per heavy atom. The van der Waals surface area contributed by atoms with E-state index < -0.39 is 17.3 Å². The first-order valence-electron chi connectivity index (χ1n) is 13.2. The Kier molecular flexibility index (Phi) is 9.71. The third-order valence-corrected chi connectivity index (χ3v) is 7.60. The molecule has 1 amide bonds. The number of esters is 1. The lowest BCUT2D eigenvalue weighted by Crippen LogP contribution is -2.33. The lowest BCUT2D eigenvalue weighted by atomic mass is 9.99. The second-order valence-corrected chi connectivity index (χ2v) is 10.3. The van der Waals surface area contributed by atoms with Gasteiger partial charge in [0.05, 0.1) is 26.4 Å². The van der Waals surface area contributed by atoms with Crippen molar-refractivity contribution >= 4 is 28.7 Å². The van der Waals surface area contributed by atoms with E-state index in [4.69, 9.17) is 14.2 Å². The van der Waals surface area contributed by atoms with Gasteiger partial charge in [-0.05, 0) is 60.0 Å². The van der Waals surface area contributed by atoms with E-state index in [0.717, 1.165) is 54.1 Å². The highest BCUT2D eigenvalue weighted by atomic mass is 32.2. The number of amides is 1. The molecule has 0 aliphatic carbocycles. The zero-order chi connectivity index (χ0) is 26.9. The molecule has 0 N–H and O–H groups in total. The molecule has 4 rings (SSSR count). The maximum atomic E-state index is 13.4. The van der Waals surface area contributed by atoms with E-state index in [1.54, 1.807) is 4.90 Å². The number of hydrogen-bond donors (Lipinski definition) is 0. The van der Waals surface area contributed by atoms with Crippen molar-refractivity contribution in [1.29, 1.82) is 0 Å². The largest absolute Gasteiger partial charge is 0.493 e. The number of methoxy groups -OCH3 is 1. The van der Waals surface area contributed by atoms with Crippen LogP contribution >= 0.6 is 11.8 Å². The minimum absolute atomic E-state index is 0.208. The Morgan fingerprint density at radius 2 is 1.53 bits per heavy atom. The molecule has 0 radical (unpaired) electrons. The number of carbonyl (C=O) groups excluding carboxylic acids is 2. The minimum atomic E-state index is -0.735. The number of hydrogen-bond acceptors (Lipinski definition) is 6. The molecule has 0 bridgehead atoms. The summed E-state index contributed by atoms with van der Waals surface area (Å²) in [6, 6.07) is 23.0. The van der Waals surface area contributed by atoms with E-state index >= 15 is 0 Å². The molecule has 7 heteroatoms. The summed E-state index contributed by atoms with van der Waals surface area (Å²) in [7, 11) is 1.35. The molecule has 1 fully saturated rings. The van der Waals surface area contributed by atoms with Crippen molar-refractivity contribution in [3.63, 3.8) is 0 Å². The maximum absolute atomic E-state index is 13.4. The van der Waals surface area contributed by atoms with E-state index in [-0.39, 0.29) is 5.24 Å². The van der Waals surface area contributed by atoms with Crippen molar-refractivity contribution in [3.8, 4) is 22.6 Å². The molecule has 1 heterocycles. The smallest absolute Gasteiger partial charge is 0.321 e. The summed E-state index contributed by atoms with van der Waals surface area (Å²) in [5, 5.41) is -0.942. The summed E-state index contributed by atoms with van der Waals surface area (Å²) in [6.07, 6.45) is 3.88. The molecule has 0 unspecified atom stereocenters. The van der Waals surface area contributed by atoms with Gasteiger partial charge in [-0.15, -0.1) is 0 Å². The van der Waals surface area contributed by atoms with Gasteiger partial charge in [-0.3, -0.25) is 14.5 Å². The predicted octanol–water partition coefficient (Wildman–Crippen LogP) is 7.67. The number of thioether (sulfide) groups is 1. The number of carbonyl (C=O) groups is 2. The van der Waals surface area contributed by atoms with Gasteiger partial charge < -0.3 is 14.2 Å². The van der Waals surface area contributed by atoms with Crippen LogP contribution in [0.5, 0.6) is 11.5 Å². The van der Waals surface area contributed by atoms with Crippen molar-refractivity contribution < 1.29 is 23.8 Å². The Labute approximate surface area is 229 Å². The number of unbranched alkanes of at least 4 members (excludes halogenated alkanes) is 2. The quantitative estimate of drug-likeness (QED) is 0.176. The van der Waals surface area contributed by atoms with Gasteiger partial charge in [-0.2, -0.15) is 0 Å². The second kappa shape index (κ2) is 13.4. The molecule has 6 nitrogen and oxygen atoms in total. The summed E-state index contributed by atoms with van der Waals surface area (Å²) in [4.78, 5) is 27.9. The number of benzene rings is 3. The monoisotopic (exact) mass is 533 g/mol. The lowest BCUT2D eigenvalue weighted by molar-refractivity contribution is -0.140. The molecule has 1 saturated heterocycles. The fraction of sp³-hybridized carbons (Fsp3) is 0.355. The molecule has 2 atom stereocenters. The van der Waals surface area contributed by atoms with Gasteiger partial charge in [0.15, 0.2) is 0 Å². The van der Waals surface area contributed by atoms with Crippen molar-refractivity contribution in [1.82, 2.24) is 0 Å². The van der Waals surface area contributed by atoms with Gasteiger partial charge in [0, 0.05) is 17.3 Å². The van der Waals surface area contributed by atoms with Crippen molar-refractivity contribution in [2.75, 3.05) is 25.2 Å². The Balaban J connectivity index is 1.73. The topological polar surface area (TPSA) is 65.1 Å². The first kappa shape index (κ1) is 27.6. The zero-order valence-corrected chi connectivity index (χ0v) is 23.0. The molecule has 0 saturated carbocycles. The average molecular weight is 534 g/mol. The standard InChI is InChI=1S/C31H35NO5S/c1-4-6-19-36-25-17-18-26(27(21-25)37-20-7-5-2)28-29(30(33)35-3)38-31(34)32(28)24-15-13-23(14-16-24)22-11-9-8-10-12-22/h8-18,21,28-29H,4-7,19-20H2,1-3H3/t28-,29+/m1/s1. The van der Waals surface area contributed by atoms with Gasteiger partial charge in [0.25, 0.3) is 5.24 Å². The molecule has 38 heavy (non-hydrogen) atoms. The van der Waals surface area contributed by atoms with Crippen LogP contribution in [0.3, 0.4) is 0 Å². The van der Waals surface area contributed by atoms with Crippen LogP contribution < -0.4 is 14.4 Å². The minimum Gasteiger partial charge on any atom is -0.493 e. The Hall–Kier alpha value is -3.45. The lowest BCUT2D eigenvalue weighted by Gasteiger charge is -2.28. The van der Waals surface area contributed by atoms with Crippen LogP contribution in [0.25, 0.3) is 11.1 Å². The molecule has 0 aromatic heterocycles. The molecule has 3 aromatic rings. The average Bonchev–Trinajstić information content (AvgIpc) is 3.30. The van der Waals surface area contributed by atoms with Crippen molar-refractivity contribution in [2.24, 2.45) is 0 Å². The van der Waals surface area contributed by atoms with Gasteiger partial charge in [-0.25, -0.2) is 0 Å². The summed E-state index contributed by atoms with van der Waals surface area (Å²) in [6.45, 7) is 5.38. The molecule has 200 valence electrons. The van der Waals surface area contributed by atoms with Gasteiger partial charge >= 0.3 is 5.97 Å². The number of anilines is 1. The van der Waals surface area contributed by atoms with Crippen LogP contribution in [0.4, 0.5) is 10.5 Å². The fourth-order valence-corrected chi connectivity index (χ4v) is 5.56. The summed E-state index contributed by atoms with van der Waals surface area (Å²) >= 11 is 0.988. The van der Waals surface area contributed by atoms with E-state index in [0.29, 0.717) is 30.4 Å². The highest BCUT2D eigenvalue weighted by molar-refractivity contribution is 8.15. The number of nitrogens with zero attached hydrogens (tertiary/aromatic N) is 1. The maximum Gasteiger partial charge on any atom is 0.321 e. The van der Waals surface area contributed by atoms with Crippen molar-refractivity contribution in [2.45, 2.75) is 50.8 Å². The van der Waals surface area contributed by atoms with Gasteiger partial charge in [0.2, 0.25) is 0 Å². The van der Waals surface area contributed by atoms with Gasteiger partial charge in [-0.1, -0.05) is 69.2 Å². The first-order valence-corrected chi connectivity index (χ1v) is 14.1. The first-order chi connectivity index (χ1) is 18.6. The van der Waals surface area contributed by atoms with Crippen LogP contribution in [-0.2, 0) is 9.53 Å². The number of rotatable bonds is 12. The van der Waals surface area contributed by atoms with Crippen LogP contribution in [0.2, 0.25) is 0 Å².